The van der Waals surface area contributed by atoms with Gasteiger partial charge in [-0.2, -0.15) is 4.73 Å². The molecule has 100 valence electrons. The van der Waals surface area contributed by atoms with Crippen molar-refractivity contribution in [1.29, 1.82) is 0 Å². The van der Waals surface area contributed by atoms with Crippen molar-refractivity contribution >= 4 is 21.4 Å². The van der Waals surface area contributed by atoms with Gasteiger partial charge in [-0.15, -0.1) is 0 Å². The summed E-state index contributed by atoms with van der Waals surface area (Å²) in [4.78, 5) is 0. The highest BCUT2D eigenvalue weighted by Gasteiger charge is 2.44. The summed E-state index contributed by atoms with van der Waals surface area (Å²) in [6.07, 6.45) is 1.13. The highest BCUT2D eigenvalue weighted by Crippen LogP contribution is 2.37. The molecule has 0 saturated heterocycles. The zero-order chi connectivity index (χ0) is 14.1. The highest BCUT2D eigenvalue weighted by atomic mass is 35.5. The first-order valence-electron chi connectivity index (χ1n) is 5.54. The van der Waals surface area contributed by atoms with Crippen LogP contribution in [0.4, 0.5) is 0 Å². The lowest BCUT2D eigenvalue weighted by atomic mass is 10.2. The van der Waals surface area contributed by atoms with Crippen LogP contribution in [-0.4, -0.2) is 8.42 Å². The highest BCUT2D eigenvalue weighted by molar-refractivity contribution is 7.93. The molecule has 0 saturated carbocycles. The number of hydrogen-bond acceptors (Lipinski definition) is 3. The van der Waals surface area contributed by atoms with Crippen LogP contribution in [0.1, 0.15) is 12.5 Å². The maximum absolute atomic E-state index is 12.5. The maximum atomic E-state index is 12.5. The van der Waals surface area contributed by atoms with Gasteiger partial charge in [0, 0.05) is 12.1 Å². The Morgan fingerprint density at radius 1 is 1.11 bits per heavy atom. The predicted molar refractivity (Wildman–Crippen MR) is 72.2 cm³/mol. The number of benzene rings is 1. The van der Waals surface area contributed by atoms with Crippen molar-refractivity contribution in [2.24, 2.45) is 0 Å². The Morgan fingerprint density at radius 2 is 1.68 bits per heavy atom. The van der Waals surface area contributed by atoms with Crippen LogP contribution < -0.4 is 4.73 Å². The summed E-state index contributed by atoms with van der Waals surface area (Å²) < 4.78 is 23.7. The summed E-state index contributed by atoms with van der Waals surface area (Å²) in [5.41, 5.74) is 0.417. The first-order chi connectivity index (χ1) is 8.87. The number of aromatic nitrogens is 1. The van der Waals surface area contributed by atoms with Gasteiger partial charge in [0.15, 0.2) is 10.4 Å². The average molecular weight is 298 g/mol. The fourth-order valence-electron chi connectivity index (χ4n) is 1.71. The van der Waals surface area contributed by atoms with Gasteiger partial charge >= 0.3 is 5.03 Å². The molecule has 1 aromatic carbocycles. The molecule has 6 heteroatoms. The minimum Gasteiger partial charge on any atom is -0.618 e. The van der Waals surface area contributed by atoms with Gasteiger partial charge in [0.1, 0.15) is 0 Å². The second-order valence-corrected chi connectivity index (χ2v) is 7.37. The predicted octanol–water partition coefficient (Wildman–Crippen LogP) is 2.21. The molecule has 1 heterocycles. The molecule has 0 spiro atoms. The number of halogens is 1. The van der Waals surface area contributed by atoms with E-state index in [1.165, 1.54) is 25.1 Å². The van der Waals surface area contributed by atoms with Crippen molar-refractivity contribution in [3.8, 4) is 0 Å². The van der Waals surface area contributed by atoms with E-state index in [-0.39, 0.29) is 5.03 Å². The third-order valence-electron chi connectivity index (χ3n) is 2.86. The molecule has 1 aromatic heterocycles. The molecule has 0 radical (unpaired) electrons. The molecular weight excluding hydrogens is 286 g/mol. The molecule has 0 aliphatic rings. The van der Waals surface area contributed by atoms with Gasteiger partial charge in [-0.05, 0) is 18.6 Å². The van der Waals surface area contributed by atoms with E-state index in [2.05, 4.69) is 0 Å². The SMILES string of the molecule is CC(Cl)(c1ccccc1)S(=O)(=O)c1cccc[n+]1[O-]. The van der Waals surface area contributed by atoms with Crippen LogP contribution >= 0.6 is 11.6 Å². The second-order valence-electron chi connectivity index (χ2n) is 4.15. The molecule has 1 atom stereocenters. The normalized spacial score (nSPS) is 14.8. The summed E-state index contributed by atoms with van der Waals surface area (Å²) >= 11 is 6.22. The van der Waals surface area contributed by atoms with E-state index in [0.29, 0.717) is 10.3 Å². The van der Waals surface area contributed by atoms with E-state index in [4.69, 9.17) is 11.6 Å². The zero-order valence-electron chi connectivity index (χ0n) is 10.2. The summed E-state index contributed by atoms with van der Waals surface area (Å²) in [6.45, 7) is 1.37. The Morgan fingerprint density at radius 3 is 2.26 bits per heavy atom. The summed E-state index contributed by atoms with van der Waals surface area (Å²) in [7, 11) is -4.01. The third-order valence-corrected chi connectivity index (χ3v) is 5.80. The number of rotatable bonds is 3. The minimum atomic E-state index is -4.01. The molecule has 0 N–H and O–H groups in total. The van der Waals surface area contributed by atoms with Crippen molar-refractivity contribution in [2.75, 3.05) is 0 Å². The Balaban J connectivity index is 2.60. The monoisotopic (exact) mass is 297 g/mol. The van der Waals surface area contributed by atoms with E-state index in [1.54, 1.807) is 30.3 Å². The molecule has 19 heavy (non-hydrogen) atoms. The minimum absolute atomic E-state index is 0.304. The fraction of sp³-hybridized carbons (Fsp3) is 0.154. The summed E-state index contributed by atoms with van der Waals surface area (Å²) in [5, 5.41) is 11.3. The Labute approximate surface area is 116 Å². The van der Waals surface area contributed by atoms with Gasteiger partial charge < -0.3 is 5.21 Å². The molecule has 4 nitrogen and oxygen atoms in total. The van der Waals surface area contributed by atoms with Crippen molar-refractivity contribution in [2.45, 2.75) is 16.2 Å². The average Bonchev–Trinajstić information content (AvgIpc) is 2.40. The number of nitrogens with zero attached hydrogens (tertiary/aromatic N) is 1. The molecule has 0 aliphatic heterocycles. The van der Waals surface area contributed by atoms with Gasteiger partial charge in [-0.25, -0.2) is 8.42 Å². The summed E-state index contributed by atoms with van der Waals surface area (Å²) in [5.74, 6) is 0. The van der Waals surface area contributed by atoms with Crippen LogP contribution in [0.5, 0.6) is 0 Å². The van der Waals surface area contributed by atoms with Gasteiger partial charge in [-0.3, -0.25) is 0 Å². The maximum Gasteiger partial charge on any atom is 0.310 e. The lowest BCUT2D eigenvalue weighted by Crippen LogP contribution is -2.39. The topological polar surface area (TPSA) is 61.1 Å². The van der Waals surface area contributed by atoms with Crippen molar-refractivity contribution in [1.82, 2.24) is 0 Å². The van der Waals surface area contributed by atoms with Crippen molar-refractivity contribution < 1.29 is 13.1 Å². The Bertz CT molecular complexity index is 684. The first kappa shape index (κ1) is 13.8. The van der Waals surface area contributed by atoms with E-state index < -0.39 is 14.0 Å². The smallest absolute Gasteiger partial charge is 0.310 e. The number of pyridine rings is 1. The van der Waals surface area contributed by atoms with E-state index in [9.17, 15) is 13.6 Å². The Kier molecular flexibility index (Phi) is 3.52. The molecule has 1 unspecified atom stereocenters. The summed E-state index contributed by atoms with van der Waals surface area (Å²) in [6, 6.07) is 12.6. The zero-order valence-corrected chi connectivity index (χ0v) is 11.7. The standard InChI is InChI=1S/C13H12ClNO3S/c1-13(14,11-7-3-2-4-8-11)19(17,18)12-9-5-6-10-15(12)16/h2-10H,1H3. The van der Waals surface area contributed by atoms with E-state index >= 15 is 0 Å². The van der Waals surface area contributed by atoms with Crippen LogP contribution in [0, 0.1) is 5.21 Å². The third kappa shape index (κ3) is 2.31. The van der Waals surface area contributed by atoms with Gasteiger partial charge in [0.25, 0.3) is 9.84 Å². The van der Waals surface area contributed by atoms with Gasteiger partial charge in [0.2, 0.25) is 0 Å². The van der Waals surface area contributed by atoms with Gasteiger partial charge in [0.05, 0.1) is 0 Å². The van der Waals surface area contributed by atoms with Crippen LogP contribution in [0.15, 0.2) is 59.8 Å². The molecule has 0 amide bonds. The molecule has 0 aliphatic carbocycles. The van der Waals surface area contributed by atoms with E-state index in [1.807, 2.05) is 0 Å². The quantitative estimate of drug-likeness (QED) is 0.496. The first-order valence-corrected chi connectivity index (χ1v) is 7.41. The molecular formula is C13H12ClNO3S. The van der Waals surface area contributed by atoms with Crippen LogP contribution in [-0.2, 0) is 14.0 Å². The van der Waals surface area contributed by atoms with Crippen molar-refractivity contribution in [3.63, 3.8) is 0 Å². The fourth-order valence-corrected chi connectivity index (χ4v) is 3.47. The molecule has 2 aromatic rings. The lowest BCUT2D eigenvalue weighted by molar-refractivity contribution is -0.646. The molecule has 2 rings (SSSR count). The van der Waals surface area contributed by atoms with Crippen molar-refractivity contribution in [3.05, 3.63) is 65.5 Å². The number of hydrogen-bond donors (Lipinski definition) is 0. The number of alkyl halides is 1. The van der Waals surface area contributed by atoms with Crippen LogP contribution in [0.2, 0.25) is 0 Å². The van der Waals surface area contributed by atoms with E-state index in [0.717, 1.165) is 6.20 Å². The Hall–Kier alpha value is -1.59. The largest absolute Gasteiger partial charge is 0.618 e. The lowest BCUT2D eigenvalue weighted by Gasteiger charge is -2.21. The number of sulfone groups is 1. The second kappa shape index (κ2) is 4.83. The van der Waals surface area contributed by atoms with Crippen LogP contribution in [0.3, 0.4) is 0 Å². The molecule has 0 fully saturated rings. The molecule has 0 bridgehead atoms. The van der Waals surface area contributed by atoms with Crippen LogP contribution in [0.25, 0.3) is 0 Å². The van der Waals surface area contributed by atoms with Gasteiger partial charge in [-0.1, -0.05) is 41.9 Å².